The summed E-state index contributed by atoms with van der Waals surface area (Å²) in [6.07, 6.45) is -4.75. The van der Waals surface area contributed by atoms with Crippen molar-refractivity contribution < 1.29 is 17.6 Å². The second-order valence-corrected chi connectivity index (χ2v) is 2.78. The van der Waals surface area contributed by atoms with Crippen LogP contribution in [0.2, 0.25) is 5.02 Å². The van der Waals surface area contributed by atoms with Gasteiger partial charge in [0.05, 0.1) is 17.2 Å². The van der Waals surface area contributed by atoms with Crippen molar-refractivity contribution >= 4 is 17.3 Å². The molecule has 0 fully saturated rings. The van der Waals surface area contributed by atoms with Crippen LogP contribution in [0.4, 0.5) is 23.2 Å². The van der Waals surface area contributed by atoms with Gasteiger partial charge in [0, 0.05) is 0 Å². The van der Waals surface area contributed by atoms with Gasteiger partial charge >= 0.3 is 6.18 Å². The molecule has 0 aliphatic heterocycles. The molecule has 0 amide bonds. The van der Waals surface area contributed by atoms with E-state index in [0.29, 0.717) is 12.1 Å². The van der Waals surface area contributed by atoms with Gasteiger partial charge in [-0.3, -0.25) is 0 Å². The molecule has 1 nitrogen and oxygen atoms in total. The molecule has 0 aromatic heterocycles. The van der Waals surface area contributed by atoms with Crippen LogP contribution in [0, 0.1) is 12.4 Å². The van der Waals surface area contributed by atoms with Crippen LogP contribution in [-0.4, -0.2) is 0 Å². The van der Waals surface area contributed by atoms with Crippen LogP contribution < -0.4 is 0 Å². The Kier molecular flexibility index (Phi) is 2.67. The first-order valence-electron chi connectivity index (χ1n) is 3.30. The molecule has 14 heavy (non-hydrogen) atoms. The molecule has 1 rings (SSSR count). The van der Waals surface area contributed by atoms with Crippen molar-refractivity contribution in [1.82, 2.24) is 0 Å². The molecule has 0 aliphatic carbocycles. The Hall–Kier alpha value is -1.28. The Labute approximate surface area is 81.7 Å². The Morgan fingerprint density at radius 1 is 1.29 bits per heavy atom. The van der Waals surface area contributed by atoms with E-state index in [9.17, 15) is 17.6 Å². The highest BCUT2D eigenvalue weighted by molar-refractivity contribution is 6.31. The zero-order chi connectivity index (χ0) is 10.9. The lowest BCUT2D eigenvalue weighted by atomic mass is 10.2. The predicted molar refractivity (Wildman–Crippen MR) is 42.7 cm³/mol. The molecule has 0 atom stereocenters. The fourth-order valence-electron chi connectivity index (χ4n) is 0.846. The summed E-state index contributed by atoms with van der Waals surface area (Å²) in [7, 11) is 0. The monoisotopic (exact) mass is 223 g/mol. The fourth-order valence-corrected chi connectivity index (χ4v) is 1.06. The van der Waals surface area contributed by atoms with Gasteiger partial charge < -0.3 is 0 Å². The number of halogens is 5. The molecule has 0 N–H and O–H groups in total. The van der Waals surface area contributed by atoms with Gasteiger partial charge in [-0.25, -0.2) is 9.24 Å². The van der Waals surface area contributed by atoms with E-state index >= 15 is 0 Å². The summed E-state index contributed by atoms with van der Waals surface area (Å²) in [6.45, 7) is 6.46. The lowest BCUT2D eigenvalue weighted by molar-refractivity contribution is -0.137. The van der Waals surface area contributed by atoms with E-state index in [2.05, 4.69) is 4.85 Å². The average molecular weight is 224 g/mol. The van der Waals surface area contributed by atoms with Crippen molar-refractivity contribution in [3.8, 4) is 0 Å². The minimum atomic E-state index is -4.75. The number of rotatable bonds is 0. The molecular formula is C8H2ClF4N. The van der Waals surface area contributed by atoms with E-state index in [1.165, 1.54) is 0 Å². The van der Waals surface area contributed by atoms with Crippen molar-refractivity contribution in [2.75, 3.05) is 0 Å². The molecule has 0 bridgehead atoms. The minimum absolute atomic E-state index is 0.431. The summed E-state index contributed by atoms with van der Waals surface area (Å²) in [5.41, 5.74) is -1.76. The third-order valence-electron chi connectivity index (χ3n) is 1.45. The summed E-state index contributed by atoms with van der Waals surface area (Å²) < 4.78 is 49.4. The number of hydrogen-bond donors (Lipinski definition) is 0. The number of nitrogens with zero attached hydrogens (tertiary/aromatic N) is 1. The van der Waals surface area contributed by atoms with Crippen molar-refractivity contribution in [3.63, 3.8) is 0 Å². The highest BCUT2D eigenvalue weighted by Gasteiger charge is 2.34. The van der Waals surface area contributed by atoms with Crippen molar-refractivity contribution in [1.29, 1.82) is 0 Å². The van der Waals surface area contributed by atoms with Crippen molar-refractivity contribution in [3.05, 3.63) is 40.0 Å². The molecule has 0 saturated heterocycles. The molecule has 0 heterocycles. The zero-order valence-corrected chi connectivity index (χ0v) is 7.25. The molecule has 6 heteroatoms. The van der Waals surface area contributed by atoms with Crippen LogP contribution in [0.15, 0.2) is 12.1 Å². The molecule has 74 valence electrons. The van der Waals surface area contributed by atoms with Gasteiger partial charge in [0.15, 0.2) is 5.69 Å². The summed E-state index contributed by atoms with van der Waals surface area (Å²) in [5.74, 6) is -1.24. The third kappa shape index (κ3) is 1.96. The molecule has 1 aromatic rings. The molecule has 0 spiro atoms. The van der Waals surface area contributed by atoms with Crippen molar-refractivity contribution in [2.24, 2.45) is 0 Å². The van der Waals surface area contributed by atoms with Crippen LogP contribution in [-0.2, 0) is 6.18 Å². The van der Waals surface area contributed by atoms with Gasteiger partial charge in [-0.1, -0.05) is 11.6 Å². The smallest absolute Gasteiger partial charge is 0.238 e. The Morgan fingerprint density at radius 2 is 1.86 bits per heavy atom. The Bertz CT molecular complexity index is 405. The van der Waals surface area contributed by atoms with Crippen LogP contribution in [0.5, 0.6) is 0 Å². The maximum atomic E-state index is 12.8. The third-order valence-corrected chi connectivity index (χ3v) is 1.83. The van der Waals surface area contributed by atoms with Crippen LogP contribution in [0.25, 0.3) is 4.85 Å². The fraction of sp³-hybridized carbons (Fsp3) is 0.125. The van der Waals surface area contributed by atoms with Gasteiger partial charge in [-0.2, -0.15) is 13.2 Å². The van der Waals surface area contributed by atoms with E-state index in [-0.39, 0.29) is 0 Å². The van der Waals surface area contributed by atoms with E-state index in [1.807, 2.05) is 0 Å². The topological polar surface area (TPSA) is 4.36 Å². The number of benzene rings is 1. The summed E-state index contributed by atoms with van der Waals surface area (Å²) in [6, 6.07) is 1.17. The second kappa shape index (κ2) is 3.46. The summed E-state index contributed by atoms with van der Waals surface area (Å²) >= 11 is 5.11. The largest absolute Gasteiger partial charge is 0.416 e. The molecule has 0 saturated carbocycles. The van der Waals surface area contributed by atoms with E-state index in [0.717, 1.165) is 0 Å². The highest BCUT2D eigenvalue weighted by Crippen LogP contribution is 2.38. The first-order valence-corrected chi connectivity index (χ1v) is 3.67. The highest BCUT2D eigenvalue weighted by atomic mass is 35.5. The molecular weight excluding hydrogens is 222 g/mol. The SMILES string of the molecule is [C-]#[N+]c1cc(F)c(Cl)c(C(F)(F)F)c1. The van der Waals surface area contributed by atoms with Gasteiger partial charge in [-0.15, -0.1) is 0 Å². The second-order valence-electron chi connectivity index (χ2n) is 2.40. The minimum Gasteiger partial charge on any atom is -0.238 e. The predicted octanol–water partition coefficient (Wildman–Crippen LogP) is 4.05. The van der Waals surface area contributed by atoms with E-state index in [1.54, 1.807) is 0 Å². The normalized spacial score (nSPS) is 11.1. The first kappa shape index (κ1) is 10.8. The average Bonchev–Trinajstić information content (AvgIpc) is 2.07. The van der Waals surface area contributed by atoms with Crippen LogP contribution in [0.1, 0.15) is 5.56 Å². The summed E-state index contributed by atoms with van der Waals surface area (Å²) in [5, 5.41) is -1.01. The molecule has 0 aliphatic rings. The van der Waals surface area contributed by atoms with E-state index in [4.69, 9.17) is 18.2 Å². The van der Waals surface area contributed by atoms with Crippen LogP contribution in [0.3, 0.4) is 0 Å². The molecule has 0 unspecified atom stereocenters. The molecule has 1 aromatic carbocycles. The first-order chi connectivity index (χ1) is 6.36. The lowest BCUT2D eigenvalue weighted by Crippen LogP contribution is -2.06. The van der Waals surface area contributed by atoms with Gasteiger partial charge in [0.2, 0.25) is 0 Å². The lowest BCUT2D eigenvalue weighted by Gasteiger charge is -2.09. The van der Waals surface area contributed by atoms with Crippen LogP contribution >= 0.6 is 11.6 Å². The zero-order valence-electron chi connectivity index (χ0n) is 6.49. The maximum Gasteiger partial charge on any atom is 0.416 e. The standard InChI is InChI=1S/C8H2ClF4N/c1-14-4-2-5(8(11,12)13)7(9)6(10)3-4/h2-3H. The van der Waals surface area contributed by atoms with Gasteiger partial charge in [0.1, 0.15) is 5.82 Å². The Balaban J connectivity index is 3.44. The number of hydrogen-bond acceptors (Lipinski definition) is 0. The number of alkyl halides is 3. The Morgan fingerprint density at radius 3 is 2.29 bits per heavy atom. The molecule has 0 radical (unpaired) electrons. The summed E-state index contributed by atoms with van der Waals surface area (Å²) in [4.78, 5) is 2.70. The van der Waals surface area contributed by atoms with Crippen molar-refractivity contribution in [2.45, 2.75) is 6.18 Å². The quantitative estimate of drug-likeness (QED) is 0.462. The maximum absolute atomic E-state index is 12.8. The van der Waals surface area contributed by atoms with E-state index < -0.39 is 28.3 Å². The van der Waals surface area contributed by atoms with Gasteiger partial charge in [0.25, 0.3) is 0 Å². The van der Waals surface area contributed by atoms with Gasteiger partial charge in [-0.05, 0) is 12.1 Å².